The van der Waals surface area contributed by atoms with Gasteiger partial charge in [0.05, 0.1) is 0 Å². The van der Waals surface area contributed by atoms with E-state index in [0.717, 1.165) is 31.4 Å². The second-order valence-electron chi connectivity index (χ2n) is 4.86. The van der Waals surface area contributed by atoms with E-state index in [2.05, 4.69) is 53.6 Å². The van der Waals surface area contributed by atoms with Crippen molar-refractivity contribution in [2.24, 2.45) is 10.9 Å². The number of nitrogens with one attached hydrogen (secondary N) is 1. The van der Waals surface area contributed by atoms with E-state index in [1.54, 1.807) is 0 Å². The predicted molar refractivity (Wildman–Crippen MR) is 86.1 cm³/mol. The Kier molecular flexibility index (Phi) is 7.56. The summed E-state index contributed by atoms with van der Waals surface area (Å²) in [5.74, 6) is 1.74. The molecule has 4 heteroatoms. The molecule has 1 heterocycles. The summed E-state index contributed by atoms with van der Waals surface area (Å²) < 4.78 is 0. The van der Waals surface area contributed by atoms with Gasteiger partial charge in [0.15, 0.2) is 5.96 Å². The molecule has 0 aliphatic rings. The SMILES string of the molecule is CCC(CC)CNC(=NC)N(C)CCc1cccs1. The minimum atomic E-state index is 0.738. The molecule has 0 amide bonds. The van der Waals surface area contributed by atoms with Crippen LogP contribution in [0.5, 0.6) is 0 Å². The lowest BCUT2D eigenvalue weighted by Crippen LogP contribution is -2.41. The Labute approximate surface area is 121 Å². The Hall–Kier alpha value is -1.03. The topological polar surface area (TPSA) is 27.6 Å². The summed E-state index contributed by atoms with van der Waals surface area (Å²) in [6.07, 6.45) is 3.53. The van der Waals surface area contributed by atoms with Gasteiger partial charge in [-0.2, -0.15) is 0 Å². The summed E-state index contributed by atoms with van der Waals surface area (Å²) in [4.78, 5) is 8.01. The van der Waals surface area contributed by atoms with Crippen molar-refractivity contribution in [2.45, 2.75) is 33.1 Å². The molecule has 0 aliphatic carbocycles. The predicted octanol–water partition coefficient (Wildman–Crippen LogP) is 3.23. The second-order valence-corrected chi connectivity index (χ2v) is 5.89. The van der Waals surface area contributed by atoms with Crippen LogP contribution in [0.2, 0.25) is 0 Å². The highest BCUT2D eigenvalue weighted by molar-refractivity contribution is 7.09. The number of hydrogen-bond acceptors (Lipinski definition) is 2. The molecule has 1 N–H and O–H groups in total. The van der Waals surface area contributed by atoms with Crippen LogP contribution in [0.15, 0.2) is 22.5 Å². The highest BCUT2D eigenvalue weighted by Crippen LogP contribution is 2.09. The lowest BCUT2D eigenvalue weighted by Gasteiger charge is -2.23. The number of rotatable bonds is 7. The first-order valence-electron chi connectivity index (χ1n) is 7.15. The van der Waals surface area contributed by atoms with Crippen molar-refractivity contribution in [3.63, 3.8) is 0 Å². The first-order valence-corrected chi connectivity index (χ1v) is 8.03. The van der Waals surface area contributed by atoms with Crippen molar-refractivity contribution in [3.8, 4) is 0 Å². The van der Waals surface area contributed by atoms with E-state index in [1.807, 2.05) is 18.4 Å². The van der Waals surface area contributed by atoms with Gasteiger partial charge in [0, 0.05) is 32.1 Å². The molecule has 1 aromatic heterocycles. The van der Waals surface area contributed by atoms with E-state index in [0.29, 0.717) is 0 Å². The summed E-state index contributed by atoms with van der Waals surface area (Å²) in [7, 11) is 3.96. The molecule has 0 saturated carbocycles. The Morgan fingerprint density at radius 2 is 2.16 bits per heavy atom. The van der Waals surface area contributed by atoms with E-state index >= 15 is 0 Å². The molecule has 0 spiro atoms. The van der Waals surface area contributed by atoms with Crippen molar-refractivity contribution >= 4 is 17.3 Å². The second kappa shape index (κ2) is 8.97. The average molecular weight is 281 g/mol. The van der Waals surface area contributed by atoms with Crippen LogP contribution < -0.4 is 5.32 Å². The van der Waals surface area contributed by atoms with Crippen LogP contribution >= 0.6 is 11.3 Å². The maximum absolute atomic E-state index is 4.36. The molecule has 0 unspecified atom stereocenters. The van der Waals surface area contributed by atoms with Crippen molar-refractivity contribution in [2.75, 3.05) is 27.2 Å². The minimum absolute atomic E-state index is 0.738. The van der Waals surface area contributed by atoms with E-state index < -0.39 is 0 Å². The lowest BCUT2D eigenvalue weighted by atomic mass is 10.0. The van der Waals surface area contributed by atoms with Gasteiger partial charge >= 0.3 is 0 Å². The third-order valence-electron chi connectivity index (χ3n) is 3.55. The highest BCUT2D eigenvalue weighted by atomic mass is 32.1. The van der Waals surface area contributed by atoms with Crippen molar-refractivity contribution in [1.82, 2.24) is 10.2 Å². The molecular weight excluding hydrogens is 254 g/mol. The standard InChI is InChI=1S/C15H27N3S/c1-5-13(6-2)12-17-15(16-3)18(4)10-9-14-8-7-11-19-14/h7-8,11,13H,5-6,9-10,12H2,1-4H3,(H,16,17). The van der Waals surface area contributed by atoms with Gasteiger partial charge in [-0.1, -0.05) is 32.8 Å². The number of thiophene rings is 1. The molecule has 0 aromatic carbocycles. The van der Waals surface area contributed by atoms with Crippen LogP contribution in [0.4, 0.5) is 0 Å². The molecule has 1 rings (SSSR count). The minimum Gasteiger partial charge on any atom is -0.356 e. The number of guanidine groups is 1. The first kappa shape index (κ1) is 16.0. The molecule has 0 atom stereocenters. The summed E-state index contributed by atoms with van der Waals surface area (Å²) in [5.41, 5.74) is 0. The number of aliphatic imine (C=N–C) groups is 1. The van der Waals surface area contributed by atoms with Crippen LogP contribution in [0.25, 0.3) is 0 Å². The highest BCUT2D eigenvalue weighted by Gasteiger charge is 2.09. The molecule has 0 fully saturated rings. The average Bonchev–Trinajstić information content (AvgIpc) is 2.94. The van der Waals surface area contributed by atoms with Gasteiger partial charge in [0.1, 0.15) is 0 Å². The summed E-state index contributed by atoms with van der Waals surface area (Å²) in [6.45, 7) is 6.52. The molecule has 0 aliphatic heterocycles. The number of hydrogen-bond donors (Lipinski definition) is 1. The molecule has 3 nitrogen and oxygen atoms in total. The van der Waals surface area contributed by atoms with Crippen molar-refractivity contribution in [1.29, 1.82) is 0 Å². The largest absolute Gasteiger partial charge is 0.356 e. The summed E-state index contributed by atoms with van der Waals surface area (Å²) in [5, 5.41) is 5.61. The van der Waals surface area contributed by atoms with Gasteiger partial charge < -0.3 is 10.2 Å². The van der Waals surface area contributed by atoms with Crippen LogP contribution in [0, 0.1) is 5.92 Å². The third kappa shape index (κ3) is 5.64. The third-order valence-corrected chi connectivity index (χ3v) is 4.49. The zero-order valence-electron chi connectivity index (χ0n) is 12.6. The fourth-order valence-corrected chi connectivity index (χ4v) is 2.73. The lowest BCUT2D eigenvalue weighted by molar-refractivity contribution is 0.446. The normalized spacial score (nSPS) is 11.9. The Morgan fingerprint density at radius 3 is 2.68 bits per heavy atom. The summed E-state index contributed by atoms with van der Waals surface area (Å²) in [6, 6.07) is 4.30. The van der Waals surface area contributed by atoms with E-state index in [9.17, 15) is 0 Å². The maximum atomic E-state index is 4.36. The van der Waals surface area contributed by atoms with Crippen molar-refractivity contribution < 1.29 is 0 Å². The molecule has 0 radical (unpaired) electrons. The summed E-state index contributed by atoms with van der Waals surface area (Å²) >= 11 is 1.82. The zero-order valence-corrected chi connectivity index (χ0v) is 13.5. The molecule has 0 saturated heterocycles. The van der Waals surface area contributed by atoms with Gasteiger partial charge in [-0.15, -0.1) is 11.3 Å². The van der Waals surface area contributed by atoms with Crippen LogP contribution in [0.1, 0.15) is 31.6 Å². The molecule has 0 bridgehead atoms. The number of nitrogens with zero attached hydrogens (tertiary/aromatic N) is 2. The molecule has 19 heavy (non-hydrogen) atoms. The Balaban J connectivity index is 2.37. The van der Waals surface area contributed by atoms with Crippen LogP contribution in [0.3, 0.4) is 0 Å². The van der Waals surface area contributed by atoms with Gasteiger partial charge in [-0.25, -0.2) is 0 Å². The van der Waals surface area contributed by atoms with Gasteiger partial charge in [-0.05, 0) is 23.8 Å². The smallest absolute Gasteiger partial charge is 0.193 e. The number of likely N-dealkylation sites (N-methyl/N-ethyl adjacent to an activating group) is 1. The molecular formula is C15H27N3S. The Morgan fingerprint density at radius 1 is 1.42 bits per heavy atom. The van der Waals surface area contributed by atoms with E-state index in [-0.39, 0.29) is 0 Å². The maximum Gasteiger partial charge on any atom is 0.193 e. The first-order chi connectivity index (χ1) is 9.21. The van der Waals surface area contributed by atoms with Gasteiger partial charge in [-0.3, -0.25) is 4.99 Å². The molecule has 108 valence electrons. The fourth-order valence-electron chi connectivity index (χ4n) is 2.04. The monoisotopic (exact) mass is 281 g/mol. The van der Waals surface area contributed by atoms with Crippen molar-refractivity contribution in [3.05, 3.63) is 22.4 Å². The zero-order chi connectivity index (χ0) is 14.1. The van der Waals surface area contributed by atoms with Crippen LogP contribution in [-0.4, -0.2) is 38.0 Å². The van der Waals surface area contributed by atoms with Gasteiger partial charge in [0.2, 0.25) is 0 Å². The van der Waals surface area contributed by atoms with Gasteiger partial charge in [0.25, 0.3) is 0 Å². The van der Waals surface area contributed by atoms with E-state index in [1.165, 1.54) is 17.7 Å². The quantitative estimate of drug-likeness (QED) is 0.614. The molecule has 1 aromatic rings. The fraction of sp³-hybridized carbons (Fsp3) is 0.667. The Bertz CT molecular complexity index is 355. The van der Waals surface area contributed by atoms with E-state index in [4.69, 9.17) is 0 Å². The van der Waals surface area contributed by atoms with Crippen LogP contribution in [-0.2, 0) is 6.42 Å².